The van der Waals surface area contributed by atoms with Gasteiger partial charge in [0.1, 0.15) is 5.75 Å². The van der Waals surface area contributed by atoms with Crippen LogP contribution in [-0.2, 0) is 0 Å². The summed E-state index contributed by atoms with van der Waals surface area (Å²) >= 11 is 0. The topological polar surface area (TPSA) is 76.5 Å². The van der Waals surface area contributed by atoms with Crippen LogP contribution in [0, 0.1) is 0 Å². The maximum Gasteiger partial charge on any atom is 0.387 e. The molecule has 0 unspecified atom stereocenters. The molecule has 0 aliphatic carbocycles. The molecule has 0 spiro atoms. The number of fused-ring (bicyclic) bond motifs is 1. The molecule has 0 saturated carbocycles. The summed E-state index contributed by atoms with van der Waals surface area (Å²) in [5.74, 6) is -0.361. The molecule has 8 heteroatoms. The van der Waals surface area contributed by atoms with E-state index in [2.05, 4.69) is 25.2 Å². The van der Waals surface area contributed by atoms with Crippen molar-refractivity contribution in [3.8, 4) is 17.0 Å². The molecule has 0 aliphatic heterocycles. The zero-order chi connectivity index (χ0) is 21.6. The summed E-state index contributed by atoms with van der Waals surface area (Å²) in [6.45, 7) is -2.88. The first-order valence-electron chi connectivity index (χ1n) is 9.28. The average Bonchev–Trinajstić information content (AvgIpc) is 2.79. The van der Waals surface area contributed by atoms with Gasteiger partial charge >= 0.3 is 6.61 Å². The Morgan fingerprint density at radius 2 is 1.87 bits per heavy atom. The number of hydrogen-bond acceptors (Lipinski definition) is 5. The van der Waals surface area contributed by atoms with Gasteiger partial charge < -0.3 is 4.74 Å². The summed E-state index contributed by atoms with van der Waals surface area (Å²) in [4.78, 5) is 21.6. The van der Waals surface area contributed by atoms with Gasteiger partial charge in [0.15, 0.2) is 0 Å². The molecule has 0 bridgehead atoms. The Labute approximate surface area is 176 Å². The minimum atomic E-state index is -2.88. The van der Waals surface area contributed by atoms with Crippen molar-refractivity contribution in [3.05, 3.63) is 90.3 Å². The molecule has 2 aromatic carbocycles. The van der Waals surface area contributed by atoms with Crippen molar-refractivity contribution in [1.82, 2.24) is 15.4 Å². The number of hydrogen-bond donors (Lipinski definition) is 1. The van der Waals surface area contributed by atoms with Gasteiger partial charge in [0.05, 0.1) is 23.0 Å². The van der Waals surface area contributed by atoms with Gasteiger partial charge in [0.2, 0.25) is 0 Å². The predicted molar refractivity (Wildman–Crippen MR) is 113 cm³/mol. The predicted octanol–water partition coefficient (Wildman–Crippen LogP) is 4.66. The fourth-order valence-corrected chi connectivity index (χ4v) is 2.99. The summed E-state index contributed by atoms with van der Waals surface area (Å²) in [7, 11) is 0. The molecule has 154 valence electrons. The lowest BCUT2D eigenvalue weighted by molar-refractivity contribution is -0.0498. The van der Waals surface area contributed by atoms with E-state index >= 15 is 0 Å². The van der Waals surface area contributed by atoms with Crippen molar-refractivity contribution >= 4 is 23.0 Å². The number of hydrazone groups is 1. The second kappa shape index (κ2) is 9.08. The second-order valence-corrected chi connectivity index (χ2v) is 6.46. The molecule has 31 heavy (non-hydrogen) atoms. The number of aromatic nitrogens is 2. The minimum Gasteiger partial charge on any atom is -0.435 e. The number of rotatable bonds is 6. The van der Waals surface area contributed by atoms with Crippen LogP contribution in [0.1, 0.15) is 15.9 Å². The largest absolute Gasteiger partial charge is 0.435 e. The van der Waals surface area contributed by atoms with Gasteiger partial charge in [0.25, 0.3) is 5.91 Å². The SMILES string of the molecule is O=C(NN=Cc1ccc(OC(F)F)cc1)c1cc(-c2cccnc2)nc2ccccc12. The van der Waals surface area contributed by atoms with Gasteiger partial charge in [-0.25, -0.2) is 10.4 Å². The number of carbonyl (C=O) groups excluding carboxylic acids is 1. The lowest BCUT2D eigenvalue weighted by Gasteiger charge is -2.08. The summed E-state index contributed by atoms with van der Waals surface area (Å²) in [5.41, 5.74) is 5.61. The molecule has 4 aromatic rings. The third-order valence-corrected chi connectivity index (χ3v) is 4.40. The first-order valence-corrected chi connectivity index (χ1v) is 9.28. The lowest BCUT2D eigenvalue weighted by Crippen LogP contribution is -2.18. The molecule has 2 aromatic heterocycles. The lowest BCUT2D eigenvalue weighted by atomic mass is 10.0. The van der Waals surface area contributed by atoms with Gasteiger partial charge in [-0.2, -0.15) is 13.9 Å². The van der Waals surface area contributed by atoms with Crippen molar-refractivity contribution < 1.29 is 18.3 Å². The van der Waals surface area contributed by atoms with Crippen molar-refractivity contribution in [3.63, 3.8) is 0 Å². The number of nitrogens with zero attached hydrogens (tertiary/aromatic N) is 3. The highest BCUT2D eigenvalue weighted by molar-refractivity contribution is 6.07. The Hall–Kier alpha value is -4.20. The molecular weight excluding hydrogens is 402 g/mol. The number of amides is 1. The average molecular weight is 418 g/mol. The van der Waals surface area contributed by atoms with Crippen LogP contribution in [0.2, 0.25) is 0 Å². The van der Waals surface area contributed by atoms with E-state index in [0.29, 0.717) is 27.7 Å². The van der Waals surface area contributed by atoms with Crippen molar-refractivity contribution in [1.29, 1.82) is 0 Å². The highest BCUT2D eigenvalue weighted by Crippen LogP contribution is 2.24. The Morgan fingerprint density at radius 3 is 2.61 bits per heavy atom. The molecular formula is C23H16F2N4O2. The van der Waals surface area contributed by atoms with E-state index in [4.69, 9.17) is 0 Å². The molecule has 4 rings (SSSR count). The normalized spacial score (nSPS) is 11.2. The van der Waals surface area contributed by atoms with E-state index in [0.717, 1.165) is 5.56 Å². The molecule has 0 saturated heterocycles. The second-order valence-electron chi connectivity index (χ2n) is 6.46. The third-order valence-electron chi connectivity index (χ3n) is 4.40. The Morgan fingerprint density at radius 1 is 1.06 bits per heavy atom. The van der Waals surface area contributed by atoms with Crippen LogP contribution in [0.4, 0.5) is 8.78 Å². The van der Waals surface area contributed by atoms with E-state index in [1.165, 1.54) is 18.3 Å². The van der Waals surface area contributed by atoms with Gasteiger partial charge in [-0.3, -0.25) is 9.78 Å². The maximum atomic E-state index is 12.8. The molecule has 0 fully saturated rings. The highest BCUT2D eigenvalue weighted by atomic mass is 19.3. The number of alkyl halides is 2. The number of nitrogens with one attached hydrogen (secondary N) is 1. The summed E-state index contributed by atoms with van der Waals surface area (Å²) in [5, 5.41) is 4.66. The third kappa shape index (κ3) is 4.87. The quantitative estimate of drug-likeness (QED) is 0.365. The van der Waals surface area contributed by atoms with Crippen LogP contribution in [-0.4, -0.2) is 28.7 Å². The summed E-state index contributed by atoms with van der Waals surface area (Å²) < 4.78 is 28.7. The van der Waals surface area contributed by atoms with Crippen LogP contribution in [0.3, 0.4) is 0 Å². The first-order chi connectivity index (χ1) is 15.1. The summed E-state index contributed by atoms with van der Waals surface area (Å²) in [6, 6.07) is 18.6. The van der Waals surface area contributed by atoms with Crippen LogP contribution in [0.5, 0.6) is 5.75 Å². The zero-order valence-electron chi connectivity index (χ0n) is 16.1. The summed E-state index contributed by atoms with van der Waals surface area (Å²) in [6.07, 6.45) is 4.76. The van der Waals surface area contributed by atoms with Gasteiger partial charge in [-0.05, 0) is 54.1 Å². The van der Waals surface area contributed by atoms with E-state index in [-0.39, 0.29) is 5.75 Å². The molecule has 1 N–H and O–H groups in total. The van der Waals surface area contributed by atoms with Gasteiger partial charge in [-0.1, -0.05) is 18.2 Å². The van der Waals surface area contributed by atoms with Crippen molar-refractivity contribution in [2.75, 3.05) is 0 Å². The molecule has 0 radical (unpaired) electrons. The Balaban J connectivity index is 1.56. The van der Waals surface area contributed by atoms with Crippen LogP contribution in [0.25, 0.3) is 22.2 Å². The van der Waals surface area contributed by atoms with E-state index in [1.807, 2.05) is 30.3 Å². The zero-order valence-corrected chi connectivity index (χ0v) is 16.1. The molecule has 0 aliphatic rings. The fourth-order valence-electron chi connectivity index (χ4n) is 2.99. The minimum absolute atomic E-state index is 0.0439. The smallest absolute Gasteiger partial charge is 0.387 e. The molecule has 0 atom stereocenters. The number of carbonyl (C=O) groups is 1. The number of benzene rings is 2. The standard InChI is InChI=1S/C23H16F2N4O2/c24-23(25)31-17-9-7-15(8-10-17)13-27-29-22(30)19-12-21(16-4-3-11-26-14-16)28-20-6-2-1-5-18(19)20/h1-14,23H,(H,29,30). The van der Waals surface area contributed by atoms with Crippen molar-refractivity contribution in [2.24, 2.45) is 5.10 Å². The van der Waals surface area contributed by atoms with E-state index < -0.39 is 12.5 Å². The van der Waals surface area contributed by atoms with E-state index in [9.17, 15) is 13.6 Å². The highest BCUT2D eigenvalue weighted by Gasteiger charge is 2.13. The number of pyridine rings is 2. The fraction of sp³-hybridized carbons (Fsp3) is 0.0435. The molecule has 6 nitrogen and oxygen atoms in total. The maximum absolute atomic E-state index is 12.8. The number of ether oxygens (including phenoxy) is 1. The Bertz CT molecular complexity index is 1230. The van der Waals surface area contributed by atoms with Crippen LogP contribution in [0.15, 0.2) is 84.2 Å². The monoisotopic (exact) mass is 418 g/mol. The van der Waals surface area contributed by atoms with Crippen LogP contribution >= 0.6 is 0 Å². The molecule has 1 amide bonds. The van der Waals surface area contributed by atoms with Crippen molar-refractivity contribution in [2.45, 2.75) is 6.61 Å². The van der Waals surface area contributed by atoms with Gasteiger partial charge in [-0.15, -0.1) is 0 Å². The van der Waals surface area contributed by atoms with E-state index in [1.54, 1.807) is 36.7 Å². The Kier molecular flexibility index (Phi) is 5.89. The van der Waals surface area contributed by atoms with Gasteiger partial charge in [0, 0.05) is 23.3 Å². The number of halogens is 2. The van der Waals surface area contributed by atoms with Crippen LogP contribution < -0.4 is 10.2 Å². The first kappa shape index (κ1) is 20.1. The molecule has 2 heterocycles. The number of para-hydroxylation sites is 1.